The van der Waals surface area contributed by atoms with E-state index in [1.807, 2.05) is 11.8 Å². The number of amidine groups is 1. The Morgan fingerprint density at radius 2 is 2.45 bits per heavy atom. The van der Waals surface area contributed by atoms with E-state index in [1.54, 1.807) is 0 Å². The molecule has 0 radical (unpaired) electrons. The Bertz CT molecular complexity index is 154. The second kappa shape index (κ2) is 4.00. The fraction of sp³-hybridized carbons (Fsp3) is 0.875. The highest BCUT2D eigenvalue weighted by molar-refractivity contribution is 8.14. The normalized spacial score (nSPS) is 24.0. The molecule has 1 rings (SSSR count). The maximum absolute atomic E-state index is 4.52. The van der Waals surface area contributed by atoms with E-state index in [0.717, 1.165) is 17.3 Å². The van der Waals surface area contributed by atoms with Gasteiger partial charge in [0.25, 0.3) is 0 Å². The van der Waals surface area contributed by atoms with Gasteiger partial charge in [0.2, 0.25) is 0 Å². The number of hydrogen-bond acceptors (Lipinski definition) is 3. The maximum atomic E-state index is 4.52. The second-order valence-electron chi connectivity index (χ2n) is 3.11. The third-order valence-corrected chi connectivity index (χ3v) is 2.64. The molecule has 1 unspecified atom stereocenters. The van der Waals surface area contributed by atoms with Gasteiger partial charge in [0.15, 0.2) is 5.17 Å². The first kappa shape index (κ1) is 8.91. The molecule has 0 amide bonds. The molecule has 1 N–H and O–H groups in total. The molecule has 0 aliphatic carbocycles. The van der Waals surface area contributed by atoms with Crippen LogP contribution < -0.4 is 5.32 Å². The lowest BCUT2D eigenvalue weighted by Gasteiger charge is -2.06. The van der Waals surface area contributed by atoms with Crippen LogP contribution in [-0.2, 0) is 0 Å². The zero-order valence-corrected chi connectivity index (χ0v) is 8.24. The van der Waals surface area contributed by atoms with E-state index < -0.39 is 0 Å². The summed E-state index contributed by atoms with van der Waals surface area (Å²) < 4.78 is 0. The van der Waals surface area contributed by atoms with Crippen LogP contribution in [0.1, 0.15) is 27.2 Å². The minimum atomic E-state index is 0.511. The van der Waals surface area contributed by atoms with E-state index in [4.69, 9.17) is 0 Å². The Morgan fingerprint density at radius 1 is 1.73 bits per heavy atom. The first-order valence-corrected chi connectivity index (χ1v) is 5.18. The number of nitrogens with one attached hydrogen (secondary N) is 1. The van der Waals surface area contributed by atoms with Crippen molar-refractivity contribution in [3.8, 4) is 0 Å². The summed E-state index contributed by atoms with van der Waals surface area (Å²) in [6.07, 6.45) is 1.16. The van der Waals surface area contributed by atoms with E-state index in [9.17, 15) is 0 Å². The van der Waals surface area contributed by atoms with Gasteiger partial charge in [-0.3, -0.25) is 4.99 Å². The van der Waals surface area contributed by atoms with Gasteiger partial charge in [0.05, 0.1) is 6.04 Å². The molecule has 0 saturated carbocycles. The first-order chi connectivity index (χ1) is 5.22. The zero-order valence-electron chi connectivity index (χ0n) is 7.42. The Balaban J connectivity index is 2.36. The lowest BCUT2D eigenvalue weighted by Crippen LogP contribution is -2.26. The van der Waals surface area contributed by atoms with Crippen LogP contribution in [0.15, 0.2) is 4.99 Å². The van der Waals surface area contributed by atoms with Crippen molar-refractivity contribution in [2.45, 2.75) is 39.3 Å². The summed E-state index contributed by atoms with van der Waals surface area (Å²) in [6.45, 7) is 6.47. The number of nitrogens with zero attached hydrogens (tertiary/aromatic N) is 1. The fourth-order valence-corrected chi connectivity index (χ4v) is 2.15. The number of thioether (sulfide) groups is 1. The van der Waals surface area contributed by atoms with Gasteiger partial charge < -0.3 is 5.32 Å². The predicted octanol–water partition coefficient (Wildman–Crippen LogP) is 1.87. The van der Waals surface area contributed by atoms with Gasteiger partial charge >= 0.3 is 0 Å². The monoisotopic (exact) mass is 172 g/mol. The molecule has 2 nitrogen and oxygen atoms in total. The van der Waals surface area contributed by atoms with Gasteiger partial charge in [0, 0.05) is 11.8 Å². The van der Waals surface area contributed by atoms with Crippen molar-refractivity contribution >= 4 is 16.9 Å². The molecule has 1 atom stereocenters. The van der Waals surface area contributed by atoms with Crippen molar-refractivity contribution in [1.82, 2.24) is 5.32 Å². The molecule has 3 heteroatoms. The van der Waals surface area contributed by atoms with Gasteiger partial charge in [-0.25, -0.2) is 0 Å². The van der Waals surface area contributed by atoms with Gasteiger partial charge in [-0.05, 0) is 20.3 Å². The molecule has 0 aromatic carbocycles. The topological polar surface area (TPSA) is 24.4 Å². The fourth-order valence-electron chi connectivity index (χ4n) is 0.951. The van der Waals surface area contributed by atoms with Crippen LogP contribution in [0.5, 0.6) is 0 Å². The van der Waals surface area contributed by atoms with Crippen molar-refractivity contribution in [2.75, 3.05) is 5.75 Å². The Kier molecular flexibility index (Phi) is 3.24. The molecular formula is C8H16N2S. The van der Waals surface area contributed by atoms with E-state index in [0.29, 0.717) is 12.1 Å². The van der Waals surface area contributed by atoms with Crippen LogP contribution in [0, 0.1) is 0 Å². The van der Waals surface area contributed by atoms with Crippen LogP contribution in [0.2, 0.25) is 0 Å². The lowest BCUT2D eigenvalue weighted by atomic mass is 10.3. The molecule has 11 heavy (non-hydrogen) atoms. The average Bonchev–Trinajstić information content (AvgIpc) is 2.34. The molecule has 1 aliphatic heterocycles. The average molecular weight is 172 g/mol. The Hall–Kier alpha value is -0.180. The first-order valence-electron chi connectivity index (χ1n) is 4.19. The molecule has 0 bridgehead atoms. The van der Waals surface area contributed by atoms with E-state index in [1.165, 1.54) is 0 Å². The van der Waals surface area contributed by atoms with E-state index >= 15 is 0 Å². The smallest absolute Gasteiger partial charge is 0.157 e. The standard InChI is InChI=1S/C8H16N2S/c1-4-7-5-11-8(10-7)9-6(2)3/h6-7H,4-5H2,1-3H3,(H,9,10). The summed E-state index contributed by atoms with van der Waals surface area (Å²) >= 11 is 1.84. The highest BCUT2D eigenvalue weighted by Gasteiger charge is 2.16. The molecule has 0 spiro atoms. The minimum absolute atomic E-state index is 0.511. The van der Waals surface area contributed by atoms with Crippen LogP contribution in [0.25, 0.3) is 0 Å². The van der Waals surface area contributed by atoms with Crippen molar-refractivity contribution in [3.05, 3.63) is 0 Å². The Labute approximate surface area is 72.9 Å². The van der Waals surface area contributed by atoms with Crippen LogP contribution >= 0.6 is 11.8 Å². The maximum Gasteiger partial charge on any atom is 0.157 e. The lowest BCUT2D eigenvalue weighted by molar-refractivity contribution is 0.711. The molecule has 0 aromatic rings. The summed E-state index contributed by atoms with van der Waals surface area (Å²) in [5.41, 5.74) is 0. The third-order valence-electron chi connectivity index (χ3n) is 1.60. The second-order valence-corrected chi connectivity index (χ2v) is 4.12. The highest BCUT2D eigenvalue weighted by atomic mass is 32.2. The van der Waals surface area contributed by atoms with Gasteiger partial charge in [-0.1, -0.05) is 18.7 Å². The summed E-state index contributed by atoms with van der Waals surface area (Å²) in [5, 5.41) is 4.45. The van der Waals surface area contributed by atoms with Gasteiger partial charge in [0.1, 0.15) is 0 Å². The highest BCUT2D eigenvalue weighted by Crippen LogP contribution is 2.18. The van der Waals surface area contributed by atoms with Gasteiger partial charge in [-0.15, -0.1) is 0 Å². The predicted molar refractivity (Wildman–Crippen MR) is 52.2 cm³/mol. The van der Waals surface area contributed by atoms with E-state index in [2.05, 4.69) is 31.1 Å². The zero-order chi connectivity index (χ0) is 8.27. The number of rotatable bonds is 2. The summed E-state index contributed by atoms with van der Waals surface area (Å²) in [4.78, 5) is 4.52. The molecule has 0 saturated heterocycles. The Morgan fingerprint density at radius 3 is 2.91 bits per heavy atom. The quantitative estimate of drug-likeness (QED) is 0.687. The molecule has 1 heterocycles. The summed E-state index contributed by atoms with van der Waals surface area (Å²) in [6, 6.07) is 1.07. The molecule has 0 fully saturated rings. The van der Waals surface area contributed by atoms with E-state index in [-0.39, 0.29) is 0 Å². The molecule has 0 aromatic heterocycles. The third kappa shape index (κ3) is 2.73. The van der Waals surface area contributed by atoms with Gasteiger partial charge in [-0.2, -0.15) is 0 Å². The SMILES string of the molecule is CCC1CSC(NC(C)C)=N1. The summed E-state index contributed by atoms with van der Waals surface area (Å²) in [7, 11) is 0. The molecular weight excluding hydrogens is 156 g/mol. The van der Waals surface area contributed by atoms with Crippen LogP contribution in [-0.4, -0.2) is 23.0 Å². The minimum Gasteiger partial charge on any atom is -0.363 e. The van der Waals surface area contributed by atoms with Crippen molar-refractivity contribution in [3.63, 3.8) is 0 Å². The number of aliphatic imine (C=N–C) groups is 1. The largest absolute Gasteiger partial charge is 0.363 e. The number of hydrogen-bond donors (Lipinski definition) is 1. The van der Waals surface area contributed by atoms with Crippen molar-refractivity contribution in [1.29, 1.82) is 0 Å². The molecule has 64 valence electrons. The van der Waals surface area contributed by atoms with Crippen LogP contribution in [0.4, 0.5) is 0 Å². The van der Waals surface area contributed by atoms with Crippen molar-refractivity contribution in [2.24, 2.45) is 4.99 Å². The molecule has 1 aliphatic rings. The summed E-state index contributed by atoms with van der Waals surface area (Å²) in [5.74, 6) is 1.16. The van der Waals surface area contributed by atoms with Crippen LogP contribution in [0.3, 0.4) is 0 Å². The van der Waals surface area contributed by atoms with Crippen molar-refractivity contribution < 1.29 is 0 Å².